The van der Waals surface area contributed by atoms with Crippen molar-refractivity contribution < 1.29 is 13.2 Å². The summed E-state index contributed by atoms with van der Waals surface area (Å²) in [6, 6.07) is 5.58. The average Bonchev–Trinajstić information content (AvgIpc) is 2.61. The normalized spacial score (nSPS) is 28.6. The number of hydrogen-bond donors (Lipinski definition) is 0. The van der Waals surface area contributed by atoms with E-state index in [0.717, 1.165) is 24.8 Å². The first-order valence-electron chi connectivity index (χ1n) is 6.18. The highest BCUT2D eigenvalue weighted by Gasteiger charge is 2.32. The molecule has 3 unspecified atom stereocenters. The van der Waals surface area contributed by atoms with Crippen LogP contribution in [0.5, 0.6) is 0 Å². The van der Waals surface area contributed by atoms with Crippen molar-refractivity contribution in [2.45, 2.75) is 37.2 Å². The van der Waals surface area contributed by atoms with Crippen LogP contribution in [-0.2, 0) is 12.6 Å². The molecule has 0 radical (unpaired) electrons. The summed E-state index contributed by atoms with van der Waals surface area (Å²) in [7, 11) is 0. The number of benzene rings is 1. The van der Waals surface area contributed by atoms with Crippen molar-refractivity contribution in [3.05, 3.63) is 35.4 Å². The molecule has 0 bridgehead atoms. The summed E-state index contributed by atoms with van der Waals surface area (Å²) in [5.41, 5.74) is 0.436. The van der Waals surface area contributed by atoms with E-state index in [4.69, 9.17) is 0 Å². The fourth-order valence-electron chi connectivity index (χ4n) is 2.61. The van der Waals surface area contributed by atoms with Gasteiger partial charge in [0.1, 0.15) is 0 Å². The Kier molecular flexibility index (Phi) is 4.05. The minimum atomic E-state index is -4.24. The molecule has 18 heavy (non-hydrogen) atoms. The van der Waals surface area contributed by atoms with Crippen LogP contribution >= 0.6 is 15.9 Å². The van der Waals surface area contributed by atoms with Crippen LogP contribution in [0.3, 0.4) is 0 Å². The summed E-state index contributed by atoms with van der Waals surface area (Å²) < 4.78 is 37.3. The highest BCUT2D eigenvalue weighted by Crippen LogP contribution is 2.38. The third-order valence-corrected chi connectivity index (χ3v) is 5.20. The predicted octanol–water partition coefficient (Wildman–Crippen LogP) is 5.06. The molecule has 0 aromatic heterocycles. The Morgan fingerprint density at radius 2 is 1.78 bits per heavy atom. The lowest BCUT2D eigenvalue weighted by Gasteiger charge is -2.17. The topological polar surface area (TPSA) is 0 Å². The Morgan fingerprint density at radius 3 is 2.22 bits per heavy atom. The standard InChI is InChI=1S/C14H16BrF3/c1-9-11(4-7-13(9)15)8-10-2-5-12(6-3-10)14(16,17)18/h2-3,5-6,9,11,13H,4,7-8H2,1H3. The Bertz CT molecular complexity index is 396. The smallest absolute Gasteiger partial charge is 0.166 e. The molecular formula is C14H16BrF3. The van der Waals surface area contributed by atoms with Gasteiger partial charge in [-0.15, -0.1) is 0 Å². The van der Waals surface area contributed by atoms with E-state index in [9.17, 15) is 13.2 Å². The van der Waals surface area contributed by atoms with Gasteiger partial charge in [0, 0.05) is 4.83 Å². The van der Waals surface area contributed by atoms with Crippen LogP contribution in [0, 0.1) is 11.8 Å². The molecule has 4 heteroatoms. The second-order valence-electron chi connectivity index (χ2n) is 5.11. The highest BCUT2D eigenvalue weighted by atomic mass is 79.9. The maximum Gasteiger partial charge on any atom is 0.416 e. The molecule has 1 saturated carbocycles. The van der Waals surface area contributed by atoms with Gasteiger partial charge in [0.2, 0.25) is 0 Å². The SMILES string of the molecule is CC1C(Br)CCC1Cc1ccc(C(F)(F)F)cc1. The predicted molar refractivity (Wildman–Crippen MR) is 69.8 cm³/mol. The zero-order valence-electron chi connectivity index (χ0n) is 10.2. The van der Waals surface area contributed by atoms with E-state index in [0.29, 0.717) is 16.7 Å². The van der Waals surface area contributed by atoms with E-state index in [1.54, 1.807) is 12.1 Å². The summed E-state index contributed by atoms with van der Waals surface area (Å²) in [6.45, 7) is 2.21. The fourth-order valence-corrected chi connectivity index (χ4v) is 3.31. The van der Waals surface area contributed by atoms with Crippen molar-refractivity contribution >= 4 is 15.9 Å². The van der Waals surface area contributed by atoms with Crippen molar-refractivity contribution in [3.63, 3.8) is 0 Å². The van der Waals surface area contributed by atoms with E-state index in [2.05, 4.69) is 22.9 Å². The van der Waals surface area contributed by atoms with E-state index in [1.807, 2.05) is 0 Å². The van der Waals surface area contributed by atoms with Gasteiger partial charge in [0.25, 0.3) is 0 Å². The lowest BCUT2D eigenvalue weighted by molar-refractivity contribution is -0.137. The Hall–Kier alpha value is -0.510. The first kappa shape index (κ1) is 13.9. The van der Waals surface area contributed by atoms with Crippen LogP contribution in [0.4, 0.5) is 13.2 Å². The highest BCUT2D eigenvalue weighted by molar-refractivity contribution is 9.09. The molecule has 0 aliphatic heterocycles. The number of alkyl halides is 4. The van der Waals surface area contributed by atoms with Gasteiger partial charge in [-0.2, -0.15) is 13.2 Å². The zero-order valence-corrected chi connectivity index (χ0v) is 11.8. The molecule has 0 nitrogen and oxygen atoms in total. The third kappa shape index (κ3) is 3.08. The lowest BCUT2D eigenvalue weighted by atomic mass is 9.91. The van der Waals surface area contributed by atoms with Gasteiger partial charge in [-0.25, -0.2) is 0 Å². The van der Waals surface area contributed by atoms with E-state index >= 15 is 0 Å². The van der Waals surface area contributed by atoms with Gasteiger partial charge in [-0.3, -0.25) is 0 Å². The summed E-state index contributed by atoms with van der Waals surface area (Å²) in [5.74, 6) is 1.17. The molecule has 1 aliphatic rings. The van der Waals surface area contributed by atoms with Gasteiger partial charge in [-0.1, -0.05) is 35.0 Å². The summed E-state index contributed by atoms with van der Waals surface area (Å²) >= 11 is 3.65. The maximum atomic E-state index is 12.4. The molecule has 1 aromatic carbocycles. The Balaban J connectivity index is 2.03. The molecule has 1 aromatic rings. The van der Waals surface area contributed by atoms with Crippen molar-refractivity contribution in [2.75, 3.05) is 0 Å². The van der Waals surface area contributed by atoms with Gasteiger partial charge >= 0.3 is 6.18 Å². The second kappa shape index (κ2) is 5.24. The first-order chi connectivity index (χ1) is 8.38. The molecule has 100 valence electrons. The fraction of sp³-hybridized carbons (Fsp3) is 0.571. The van der Waals surface area contributed by atoms with Gasteiger partial charge in [0.05, 0.1) is 5.56 Å². The molecule has 1 aliphatic carbocycles. The minimum absolute atomic E-state index is 0.553. The molecule has 1 fully saturated rings. The molecular weight excluding hydrogens is 305 g/mol. The van der Waals surface area contributed by atoms with Gasteiger partial charge in [0.15, 0.2) is 0 Å². The zero-order chi connectivity index (χ0) is 13.3. The maximum absolute atomic E-state index is 12.4. The van der Waals surface area contributed by atoms with Gasteiger partial charge in [-0.05, 0) is 48.8 Å². The largest absolute Gasteiger partial charge is 0.416 e. The third-order valence-electron chi connectivity index (χ3n) is 3.91. The monoisotopic (exact) mass is 320 g/mol. The van der Waals surface area contributed by atoms with Crippen LogP contribution in [0.2, 0.25) is 0 Å². The number of halogens is 4. The van der Waals surface area contributed by atoms with Crippen molar-refractivity contribution in [1.82, 2.24) is 0 Å². The van der Waals surface area contributed by atoms with Crippen LogP contribution in [0.1, 0.15) is 30.9 Å². The average molecular weight is 321 g/mol. The van der Waals surface area contributed by atoms with Crippen LogP contribution in [-0.4, -0.2) is 4.83 Å². The Labute approximate surface area is 114 Å². The van der Waals surface area contributed by atoms with Crippen LogP contribution < -0.4 is 0 Å². The summed E-state index contributed by atoms with van der Waals surface area (Å²) in [4.78, 5) is 0.553. The molecule has 3 atom stereocenters. The summed E-state index contributed by atoms with van der Waals surface area (Å²) in [5, 5.41) is 0. The molecule has 0 spiro atoms. The molecule has 0 saturated heterocycles. The quantitative estimate of drug-likeness (QED) is 0.668. The number of rotatable bonds is 2. The Morgan fingerprint density at radius 1 is 1.17 bits per heavy atom. The lowest BCUT2D eigenvalue weighted by Crippen LogP contribution is -2.13. The van der Waals surface area contributed by atoms with Crippen LogP contribution in [0.15, 0.2) is 24.3 Å². The molecule has 0 amide bonds. The first-order valence-corrected chi connectivity index (χ1v) is 7.09. The van der Waals surface area contributed by atoms with E-state index < -0.39 is 11.7 Å². The minimum Gasteiger partial charge on any atom is -0.166 e. The van der Waals surface area contributed by atoms with E-state index in [1.165, 1.54) is 12.1 Å². The second-order valence-corrected chi connectivity index (χ2v) is 6.29. The van der Waals surface area contributed by atoms with E-state index in [-0.39, 0.29) is 0 Å². The molecule has 0 heterocycles. The van der Waals surface area contributed by atoms with Gasteiger partial charge < -0.3 is 0 Å². The summed E-state index contributed by atoms with van der Waals surface area (Å²) in [6.07, 6.45) is -1.05. The van der Waals surface area contributed by atoms with Crippen LogP contribution in [0.25, 0.3) is 0 Å². The number of hydrogen-bond acceptors (Lipinski definition) is 0. The van der Waals surface area contributed by atoms with Crippen molar-refractivity contribution in [1.29, 1.82) is 0 Å². The molecule has 0 N–H and O–H groups in total. The van der Waals surface area contributed by atoms with Crippen molar-refractivity contribution in [2.24, 2.45) is 11.8 Å². The van der Waals surface area contributed by atoms with Crippen molar-refractivity contribution in [3.8, 4) is 0 Å². The molecule has 2 rings (SSSR count).